The molecule has 0 saturated carbocycles. The highest BCUT2D eigenvalue weighted by Crippen LogP contribution is 2.05. The number of hydrogen-bond acceptors (Lipinski definition) is 3. The highest BCUT2D eigenvalue weighted by atomic mass is 16.4. The van der Waals surface area contributed by atoms with Crippen LogP contribution in [0.15, 0.2) is 24.3 Å². The lowest BCUT2D eigenvalue weighted by molar-refractivity contribution is -0.129. The summed E-state index contributed by atoms with van der Waals surface area (Å²) in [6, 6.07) is 5.10. The topological polar surface area (TPSA) is 98.5 Å². The Morgan fingerprint density at radius 1 is 1.00 bits per heavy atom. The second kappa shape index (κ2) is 3.69. The Kier molecular flexibility index (Phi) is 2.62. The third kappa shape index (κ3) is 1.95. The quantitative estimate of drug-likeness (QED) is 0.619. The van der Waals surface area contributed by atoms with Gasteiger partial charge in [0, 0.05) is 5.56 Å². The number of hydrogen-bond donors (Lipinski definition) is 3. The van der Waals surface area contributed by atoms with E-state index in [0.717, 1.165) is 0 Å². The van der Waals surface area contributed by atoms with E-state index in [9.17, 15) is 9.59 Å². The molecule has 5 nitrogen and oxygen atoms in total. The fourth-order valence-electron chi connectivity index (χ4n) is 0.903. The molecular weight excluding hydrogens is 186 g/mol. The van der Waals surface area contributed by atoms with Crippen molar-refractivity contribution in [2.45, 2.75) is 0 Å². The monoisotopic (exact) mass is 193 g/mol. The van der Waals surface area contributed by atoms with Crippen molar-refractivity contribution in [1.82, 2.24) is 0 Å². The summed E-state index contributed by atoms with van der Waals surface area (Å²) < 4.78 is 0. The zero-order chi connectivity index (χ0) is 10.7. The molecule has 0 unspecified atom stereocenters. The minimum atomic E-state index is -1.34. The van der Waals surface area contributed by atoms with Crippen LogP contribution in [0.2, 0.25) is 0 Å². The molecule has 0 aliphatic heterocycles. The van der Waals surface area contributed by atoms with Crippen molar-refractivity contribution in [3.63, 3.8) is 0 Å². The molecule has 0 aromatic heterocycles. The molecule has 3 N–H and O–H groups in total. The van der Waals surface area contributed by atoms with E-state index in [2.05, 4.69) is 0 Å². The summed E-state index contributed by atoms with van der Waals surface area (Å²) in [5, 5.41) is 24.1. The molecule has 0 saturated heterocycles. The first-order chi connectivity index (χ1) is 6.52. The maximum Gasteiger partial charge on any atom is 0.354 e. The molecule has 5 heteroatoms. The molecule has 0 aliphatic carbocycles. The second-order valence-corrected chi connectivity index (χ2v) is 2.56. The van der Waals surface area contributed by atoms with Crippen molar-refractivity contribution in [2.24, 2.45) is 0 Å². The highest BCUT2D eigenvalue weighted by molar-refractivity contribution is 6.41. The van der Waals surface area contributed by atoms with Crippen LogP contribution in [0.1, 0.15) is 15.9 Å². The van der Waals surface area contributed by atoms with Crippen LogP contribution in [0.4, 0.5) is 0 Å². The molecule has 0 radical (unpaired) electrons. The number of aliphatic carboxylic acids is 1. The van der Waals surface area contributed by atoms with Crippen molar-refractivity contribution in [1.29, 1.82) is 5.41 Å². The number of rotatable bonds is 3. The van der Waals surface area contributed by atoms with Gasteiger partial charge in [-0.2, -0.15) is 0 Å². The lowest BCUT2D eigenvalue weighted by atomic mass is 10.1. The van der Waals surface area contributed by atoms with Crippen LogP contribution in [0.3, 0.4) is 0 Å². The molecule has 0 amide bonds. The van der Waals surface area contributed by atoms with E-state index in [1.165, 1.54) is 24.3 Å². The van der Waals surface area contributed by atoms with Gasteiger partial charge in [0.2, 0.25) is 0 Å². The number of aromatic carboxylic acids is 1. The first-order valence-electron chi connectivity index (χ1n) is 3.68. The van der Waals surface area contributed by atoms with Crippen LogP contribution in [0.25, 0.3) is 0 Å². The van der Waals surface area contributed by atoms with E-state index in [1.807, 2.05) is 0 Å². The molecule has 1 aromatic rings. The van der Waals surface area contributed by atoms with Gasteiger partial charge in [-0.05, 0) is 12.1 Å². The van der Waals surface area contributed by atoms with Crippen molar-refractivity contribution < 1.29 is 19.8 Å². The number of carboxylic acid groups (broad SMARTS) is 2. The average Bonchev–Trinajstić information content (AvgIpc) is 2.16. The predicted molar refractivity (Wildman–Crippen MR) is 47.9 cm³/mol. The maximum atomic E-state index is 10.4. The average molecular weight is 193 g/mol. The van der Waals surface area contributed by atoms with E-state index < -0.39 is 17.7 Å². The van der Waals surface area contributed by atoms with Gasteiger partial charge in [0.15, 0.2) is 0 Å². The molecule has 0 spiro atoms. The number of carbonyl (C=O) groups is 2. The Balaban J connectivity index is 3.00. The summed E-state index contributed by atoms with van der Waals surface area (Å²) in [6.45, 7) is 0. The van der Waals surface area contributed by atoms with E-state index in [-0.39, 0.29) is 11.1 Å². The summed E-state index contributed by atoms with van der Waals surface area (Å²) in [6.07, 6.45) is 0. The standard InChI is InChI=1S/C9H7NO4/c10-7(9(13)14)5-1-3-6(4-2-5)8(11)12/h1-4,10H,(H,11,12)(H,13,14). The summed E-state index contributed by atoms with van der Waals surface area (Å²) in [5.41, 5.74) is -0.309. The SMILES string of the molecule is N=C(C(=O)O)c1ccc(C(=O)O)cc1. The van der Waals surface area contributed by atoms with Crippen LogP contribution in [-0.4, -0.2) is 27.9 Å². The normalized spacial score (nSPS) is 9.43. The first-order valence-corrected chi connectivity index (χ1v) is 3.68. The van der Waals surface area contributed by atoms with Gasteiger partial charge in [-0.15, -0.1) is 0 Å². The van der Waals surface area contributed by atoms with Crippen molar-refractivity contribution in [3.8, 4) is 0 Å². The van der Waals surface area contributed by atoms with Gasteiger partial charge >= 0.3 is 11.9 Å². The molecule has 0 heterocycles. The second-order valence-electron chi connectivity index (χ2n) is 2.56. The van der Waals surface area contributed by atoms with E-state index >= 15 is 0 Å². The molecule has 0 aliphatic rings. The largest absolute Gasteiger partial charge is 0.478 e. The minimum absolute atomic E-state index is 0.0620. The van der Waals surface area contributed by atoms with Gasteiger partial charge in [-0.1, -0.05) is 12.1 Å². The fraction of sp³-hybridized carbons (Fsp3) is 0. The summed E-state index contributed by atoms with van der Waals surface area (Å²) >= 11 is 0. The van der Waals surface area contributed by atoms with Crippen LogP contribution in [0.5, 0.6) is 0 Å². The van der Waals surface area contributed by atoms with Gasteiger partial charge in [0.1, 0.15) is 5.71 Å². The van der Waals surface area contributed by atoms with Crippen molar-refractivity contribution in [2.75, 3.05) is 0 Å². The smallest absolute Gasteiger partial charge is 0.354 e. The lowest BCUT2D eigenvalue weighted by Gasteiger charge is -1.98. The van der Waals surface area contributed by atoms with E-state index in [1.54, 1.807) is 0 Å². The zero-order valence-corrected chi connectivity index (χ0v) is 7.02. The Bertz CT molecular complexity index is 394. The molecule has 0 bridgehead atoms. The minimum Gasteiger partial charge on any atom is -0.478 e. The van der Waals surface area contributed by atoms with E-state index in [4.69, 9.17) is 15.6 Å². The van der Waals surface area contributed by atoms with Gasteiger partial charge in [-0.25, -0.2) is 9.59 Å². The van der Waals surface area contributed by atoms with Crippen LogP contribution in [-0.2, 0) is 4.79 Å². The van der Waals surface area contributed by atoms with Gasteiger partial charge < -0.3 is 10.2 Å². The molecule has 1 aromatic carbocycles. The maximum absolute atomic E-state index is 10.4. The Hall–Kier alpha value is -2.17. The van der Waals surface area contributed by atoms with Gasteiger partial charge in [-0.3, -0.25) is 5.41 Å². The molecule has 0 atom stereocenters. The third-order valence-electron chi connectivity index (χ3n) is 1.63. The van der Waals surface area contributed by atoms with Crippen LogP contribution < -0.4 is 0 Å². The number of benzene rings is 1. The summed E-state index contributed by atoms with van der Waals surface area (Å²) in [4.78, 5) is 20.8. The first kappa shape index (κ1) is 9.91. The van der Waals surface area contributed by atoms with E-state index in [0.29, 0.717) is 0 Å². The summed E-state index contributed by atoms with van der Waals surface area (Å²) in [7, 11) is 0. The van der Waals surface area contributed by atoms with Gasteiger partial charge in [0.25, 0.3) is 0 Å². The molecular formula is C9H7NO4. The lowest BCUT2D eigenvalue weighted by Crippen LogP contribution is -2.12. The van der Waals surface area contributed by atoms with Crippen molar-refractivity contribution in [3.05, 3.63) is 35.4 Å². The highest BCUT2D eigenvalue weighted by Gasteiger charge is 2.10. The Morgan fingerprint density at radius 3 is 1.79 bits per heavy atom. The molecule has 14 heavy (non-hydrogen) atoms. The van der Waals surface area contributed by atoms with Crippen LogP contribution >= 0.6 is 0 Å². The fourth-order valence-corrected chi connectivity index (χ4v) is 0.903. The third-order valence-corrected chi connectivity index (χ3v) is 1.63. The predicted octanol–water partition coefficient (Wildman–Crippen LogP) is 0.837. The molecule has 0 fully saturated rings. The zero-order valence-electron chi connectivity index (χ0n) is 7.02. The van der Waals surface area contributed by atoms with Crippen LogP contribution in [0, 0.1) is 5.41 Å². The Morgan fingerprint density at radius 2 is 1.43 bits per heavy atom. The number of nitrogens with one attached hydrogen (secondary N) is 1. The molecule has 72 valence electrons. The number of carboxylic acids is 2. The summed E-state index contributed by atoms with van der Waals surface area (Å²) in [5.74, 6) is -2.42. The Labute approximate surface area is 79.1 Å². The molecule has 1 rings (SSSR count). The van der Waals surface area contributed by atoms with Gasteiger partial charge in [0.05, 0.1) is 5.56 Å². The van der Waals surface area contributed by atoms with Crippen molar-refractivity contribution >= 4 is 17.7 Å².